The summed E-state index contributed by atoms with van der Waals surface area (Å²) in [5, 5.41) is 10.5. The molecule has 0 aliphatic carbocycles. The van der Waals surface area contributed by atoms with Gasteiger partial charge in [0, 0.05) is 49.8 Å². The molecule has 1 aliphatic rings. The largest absolute Gasteiger partial charge is 0.497 e. The fourth-order valence-electron chi connectivity index (χ4n) is 3.24. The standard InChI is InChI=1S/C18H25N3O3/c1-14(22)12-19-7-9-20(10-8-19)18(23)13-21-6-5-15-11-16(24-2)3-4-17(15)21/h3-6,11,14,22H,7-10,12-13H2,1-2H3/t14-/m1/s1. The Morgan fingerprint density at radius 1 is 1.25 bits per heavy atom. The van der Waals surface area contributed by atoms with Crippen molar-refractivity contribution >= 4 is 16.8 Å². The molecule has 6 nitrogen and oxygen atoms in total. The molecule has 1 aromatic carbocycles. The highest BCUT2D eigenvalue weighted by Crippen LogP contribution is 2.22. The number of ether oxygens (including phenoxy) is 1. The van der Waals surface area contributed by atoms with Gasteiger partial charge in [-0.1, -0.05) is 0 Å². The number of hydrogen-bond acceptors (Lipinski definition) is 4. The Hall–Kier alpha value is -2.05. The number of hydrogen-bond donors (Lipinski definition) is 1. The van der Waals surface area contributed by atoms with E-state index in [4.69, 9.17) is 4.74 Å². The highest BCUT2D eigenvalue weighted by atomic mass is 16.5. The second-order valence-electron chi connectivity index (χ2n) is 6.40. The van der Waals surface area contributed by atoms with Crippen LogP contribution in [0.2, 0.25) is 0 Å². The normalized spacial score (nSPS) is 17.2. The second kappa shape index (κ2) is 7.23. The average Bonchev–Trinajstić information content (AvgIpc) is 2.97. The van der Waals surface area contributed by atoms with Crippen LogP contribution in [-0.2, 0) is 11.3 Å². The fraction of sp³-hybridized carbons (Fsp3) is 0.500. The summed E-state index contributed by atoms with van der Waals surface area (Å²) in [6, 6.07) is 7.89. The topological polar surface area (TPSA) is 57.9 Å². The summed E-state index contributed by atoms with van der Waals surface area (Å²) in [4.78, 5) is 16.7. The molecular formula is C18H25N3O3. The van der Waals surface area contributed by atoms with E-state index in [1.54, 1.807) is 14.0 Å². The first-order valence-electron chi connectivity index (χ1n) is 8.38. The first-order valence-corrected chi connectivity index (χ1v) is 8.38. The number of piperazine rings is 1. The van der Waals surface area contributed by atoms with Crippen LogP contribution in [0.1, 0.15) is 6.92 Å². The minimum atomic E-state index is -0.324. The summed E-state index contributed by atoms with van der Waals surface area (Å²) >= 11 is 0. The van der Waals surface area contributed by atoms with E-state index >= 15 is 0 Å². The number of amides is 1. The van der Waals surface area contributed by atoms with Gasteiger partial charge in [-0.25, -0.2) is 0 Å². The number of aliphatic hydroxyl groups excluding tert-OH is 1. The van der Waals surface area contributed by atoms with Crippen LogP contribution in [0.15, 0.2) is 30.5 Å². The van der Waals surface area contributed by atoms with Crippen LogP contribution in [0.25, 0.3) is 10.9 Å². The van der Waals surface area contributed by atoms with E-state index in [9.17, 15) is 9.90 Å². The molecule has 1 fully saturated rings. The molecule has 130 valence electrons. The van der Waals surface area contributed by atoms with Gasteiger partial charge in [0.2, 0.25) is 5.91 Å². The highest BCUT2D eigenvalue weighted by Gasteiger charge is 2.22. The SMILES string of the molecule is COc1ccc2c(ccn2CC(=O)N2CCN(C[C@@H](C)O)CC2)c1. The van der Waals surface area contributed by atoms with Crippen LogP contribution in [0.4, 0.5) is 0 Å². The zero-order chi connectivity index (χ0) is 17.1. The number of carbonyl (C=O) groups is 1. The summed E-state index contributed by atoms with van der Waals surface area (Å²) in [7, 11) is 1.65. The van der Waals surface area contributed by atoms with Crippen LogP contribution in [-0.4, -0.2) is 71.3 Å². The van der Waals surface area contributed by atoms with E-state index in [-0.39, 0.29) is 12.0 Å². The molecule has 1 aromatic heterocycles. The van der Waals surface area contributed by atoms with E-state index in [0.29, 0.717) is 13.1 Å². The summed E-state index contributed by atoms with van der Waals surface area (Å²) in [5.41, 5.74) is 1.04. The summed E-state index contributed by atoms with van der Waals surface area (Å²) < 4.78 is 7.22. The lowest BCUT2D eigenvalue weighted by Crippen LogP contribution is -2.50. The molecule has 0 bridgehead atoms. The zero-order valence-corrected chi connectivity index (χ0v) is 14.3. The van der Waals surface area contributed by atoms with Crippen molar-refractivity contribution in [3.05, 3.63) is 30.5 Å². The Bertz CT molecular complexity index is 703. The minimum Gasteiger partial charge on any atom is -0.497 e. The van der Waals surface area contributed by atoms with E-state index in [2.05, 4.69) is 4.90 Å². The van der Waals surface area contributed by atoms with Gasteiger partial charge >= 0.3 is 0 Å². The Morgan fingerprint density at radius 3 is 2.67 bits per heavy atom. The molecule has 0 radical (unpaired) electrons. The summed E-state index contributed by atoms with van der Waals surface area (Å²) in [6.07, 6.45) is 1.63. The smallest absolute Gasteiger partial charge is 0.242 e. The van der Waals surface area contributed by atoms with Gasteiger partial charge in [-0.2, -0.15) is 0 Å². The maximum atomic E-state index is 12.6. The number of fused-ring (bicyclic) bond motifs is 1. The predicted octanol–water partition coefficient (Wildman–Crippen LogP) is 1.17. The Labute approximate surface area is 142 Å². The number of nitrogens with zero attached hydrogens (tertiary/aromatic N) is 3. The van der Waals surface area contributed by atoms with Gasteiger partial charge in [-0.3, -0.25) is 9.69 Å². The number of methoxy groups -OCH3 is 1. The van der Waals surface area contributed by atoms with Crippen molar-refractivity contribution in [3.63, 3.8) is 0 Å². The van der Waals surface area contributed by atoms with E-state index < -0.39 is 0 Å². The molecule has 1 N–H and O–H groups in total. The van der Waals surface area contributed by atoms with Crippen LogP contribution in [0.3, 0.4) is 0 Å². The van der Waals surface area contributed by atoms with Gasteiger partial charge < -0.3 is 19.3 Å². The van der Waals surface area contributed by atoms with Crippen LogP contribution in [0.5, 0.6) is 5.75 Å². The third-order valence-electron chi connectivity index (χ3n) is 4.53. The lowest BCUT2D eigenvalue weighted by molar-refractivity contribution is -0.133. The molecule has 6 heteroatoms. The third kappa shape index (κ3) is 3.71. The quantitative estimate of drug-likeness (QED) is 0.894. The van der Waals surface area contributed by atoms with Gasteiger partial charge in [0.25, 0.3) is 0 Å². The van der Waals surface area contributed by atoms with Gasteiger partial charge in [-0.05, 0) is 31.2 Å². The second-order valence-corrected chi connectivity index (χ2v) is 6.40. The molecule has 1 atom stereocenters. The molecule has 0 unspecified atom stereocenters. The van der Waals surface area contributed by atoms with Gasteiger partial charge in [0.1, 0.15) is 12.3 Å². The third-order valence-corrected chi connectivity index (χ3v) is 4.53. The van der Waals surface area contributed by atoms with Crippen molar-refractivity contribution in [1.82, 2.24) is 14.4 Å². The summed E-state index contributed by atoms with van der Waals surface area (Å²) in [5.74, 6) is 0.959. The zero-order valence-electron chi connectivity index (χ0n) is 14.3. The van der Waals surface area contributed by atoms with Crippen LogP contribution < -0.4 is 4.74 Å². The number of rotatable bonds is 5. The lowest BCUT2D eigenvalue weighted by Gasteiger charge is -2.35. The van der Waals surface area contributed by atoms with Gasteiger partial charge in [0.05, 0.1) is 13.2 Å². The minimum absolute atomic E-state index is 0.139. The first kappa shape index (κ1) is 16.8. The van der Waals surface area contributed by atoms with Crippen LogP contribution in [0, 0.1) is 0 Å². The van der Waals surface area contributed by atoms with Gasteiger partial charge in [0.15, 0.2) is 0 Å². The molecule has 24 heavy (non-hydrogen) atoms. The van der Waals surface area contributed by atoms with Crippen molar-refractivity contribution in [2.45, 2.75) is 19.6 Å². The van der Waals surface area contributed by atoms with Crippen molar-refractivity contribution in [2.24, 2.45) is 0 Å². The van der Waals surface area contributed by atoms with E-state index in [1.807, 2.05) is 39.9 Å². The monoisotopic (exact) mass is 331 g/mol. The number of aliphatic hydroxyl groups is 1. The average molecular weight is 331 g/mol. The van der Waals surface area contributed by atoms with Gasteiger partial charge in [-0.15, -0.1) is 0 Å². The first-order chi connectivity index (χ1) is 11.6. The van der Waals surface area contributed by atoms with Crippen molar-refractivity contribution in [2.75, 3.05) is 39.8 Å². The van der Waals surface area contributed by atoms with Crippen LogP contribution >= 0.6 is 0 Å². The van der Waals surface area contributed by atoms with Crippen molar-refractivity contribution < 1.29 is 14.6 Å². The van der Waals surface area contributed by atoms with E-state index in [1.165, 1.54) is 0 Å². The lowest BCUT2D eigenvalue weighted by atomic mass is 10.2. The van der Waals surface area contributed by atoms with Crippen molar-refractivity contribution in [3.8, 4) is 5.75 Å². The predicted molar refractivity (Wildman–Crippen MR) is 93.2 cm³/mol. The Morgan fingerprint density at radius 2 is 2.00 bits per heavy atom. The molecule has 2 heterocycles. The fourth-order valence-corrected chi connectivity index (χ4v) is 3.24. The summed E-state index contributed by atoms with van der Waals surface area (Å²) in [6.45, 7) is 5.90. The number of β-amino-alcohol motifs (C(OH)–C–C–N with tert-alkyl or cyclic N) is 1. The Balaban J connectivity index is 1.61. The Kier molecular flexibility index (Phi) is 5.06. The maximum absolute atomic E-state index is 12.6. The molecule has 0 saturated carbocycles. The molecule has 0 spiro atoms. The molecule has 1 aliphatic heterocycles. The highest BCUT2D eigenvalue weighted by molar-refractivity contribution is 5.84. The number of aromatic nitrogens is 1. The molecule has 2 aromatic rings. The molecule has 1 saturated heterocycles. The molecule has 3 rings (SSSR count). The number of carbonyl (C=O) groups excluding carboxylic acids is 1. The molecular weight excluding hydrogens is 306 g/mol. The number of benzene rings is 1. The van der Waals surface area contributed by atoms with Crippen molar-refractivity contribution in [1.29, 1.82) is 0 Å². The molecule has 1 amide bonds. The van der Waals surface area contributed by atoms with E-state index in [0.717, 1.165) is 42.8 Å². The maximum Gasteiger partial charge on any atom is 0.242 e.